The molecule has 0 amide bonds. The number of piperazine rings is 3. The van der Waals surface area contributed by atoms with Gasteiger partial charge in [-0.25, -0.2) is 0 Å². The Hall–Kier alpha value is -0.0800. The van der Waals surface area contributed by atoms with Crippen molar-refractivity contribution in [1.29, 1.82) is 0 Å². The Morgan fingerprint density at radius 3 is 2.00 bits per heavy atom. The summed E-state index contributed by atoms with van der Waals surface area (Å²) < 4.78 is 0. The lowest BCUT2D eigenvalue weighted by Gasteiger charge is -2.46. The van der Waals surface area contributed by atoms with Crippen LogP contribution in [0.4, 0.5) is 0 Å². The maximum absolute atomic E-state index is 2.58. The van der Waals surface area contributed by atoms with Crippen molar-refractivity contribution in [2.75, 3.05) is 32.7 Å². The van der Waals surface area contributed by atoms with Gasteiger partial charge in [-0.15, -0.1) is 0 Å². The van der Waals surface area contributed by atoms with E-state index in [2.05, 4.69) is 16.7 Å². The quantitative estimate of drug-likeness (QED) is 0.451. The van der Waals surface area contributed by atoms with Crippen molar-refractivity contribution in [3.8, 4) is 0 Å². The lowest BCUT2D eigenvalue weighted by atomic mass is 10.1. The standard InChI is InChI=1S/C7H14N2/c1-7-6-8-2-4-9(7)5-3-8/h7H,2-6H2,1H3. The van der Waals surface area contributed by atoms with E-state index < -0.39 is 0 Å². The van der Waals surface area contributed by atoms with Crippen molar-refractivity contribution in [3.05, 3.63) is 0 Å². The van der Waals surface area contributed by atoms with Crippen LogP contribution in [0.3, 0.4) is 0 Å². The first-order valence-electron chi connectivity index (χ1n) is 3.82. The van der Waals surface area contributed by atoms with Crippen LogP contribution >= 0.6 is 0 Å². The molecule has 0 spiro atoms. The van der Waals surface area contributed by atoms with Gasteiger partial charge in [0.1, 0.15) is 0 Å². The van der Waals surface area contributed by atoms with Gasteiger partial charge in [0.05, 0.1) is 0 Å². The van der Waals surface area contributed by atoms with Crippen molar-refractivity contribution >= 4 is 0 Å². The minimum atomic E-state index is 0.826. The van der Waals surface area contributed by atoms with E-state index in [9.17, 15) is 0 Å². The van der Waals surface area contributed by atoms with Crippen LogP contribution in [0.2, 0.25) is 0 Å². The van der Waals surface area contributed by atoms with Crippen molar-refractivity contribution in [3.63, 3.8) is 0 Å². The molecule has 0 N–H and O–H groups in total. The molecule has 3 aliphatic rings. The lowest BCUT2D eigenvalue weighted by Crippen LogP contribution is -2.59. The van der Waals surface area contributed by atoms with Gasteiger partial charge in [-0.3, -0.25) is 9.80 Å². The summed E-state index contributed by atoms with van der Waals surface area (Å²) in [6.07, 6.45) is 0. The van der Waals surface area contributed by atoms with Gasteiger partial charge in [0, 0.05) is 38.8 Å². The third-order valence-electron chi connectivity index (χ3n) is 2.55. The SMILES string of the molecule is CC1CN2CCN1CC2. The third-order valence-corrected chi connectivity index (χ3v) is 2.55. The molecular formula is C7H14N2. The summed E-state index contributed by atoms with van der Waals surface area (Å²) in [6.45, 7) is 8.86. The lowest BCUT2D eigenvalue weighted by molar-refractivity contribution is 0.0214. The van der Waals surface area contributed by atoms with Gasteiger partial charge in [-0.05, 0) is 6.92 Å². The molecule has 0 aromatic carbocycles. The highest BCUT2D eigenvalue weighted by Gasteiger charge is 2.28. The van der Waals surface area contributed by atoms with Crippen molar-refractivity contribution < 1.29 is 0 Å². The van der Waals surface area contributed by atoms with Crippen LogP contribution in [0.1, 0.15) is 6.92 Å². The Morgan fingerprint density at radius 1 is 1.11 bits per heavy atom. The van der Waals surface area contributed by atoms with Crippen LogP contribution in [0.15, 0.2) is 0 Å². The van der Waals surface area contributed by atoms with E-state index in [1.165, 1.54) is 32.7 Å². The zero-order valence-corrected chi connectivity index (χ0v) is 6.01. The van der Waals surface area contributed by atoms with E-state index in [-0.39, 0.29) is 0 Å². The monoisotopic (exact) mass is 126 g/mol. The van der Waals surface area contributed by atoms with Crippen LogP contribution < -0.4 is 0 Å². The van der Waals surface area contributed by atoms with Crippen molar-refractivity contribution in [1.82, 2.24) is 9.80 Å². The molecular weight excluding hydrogens is 112 g/mol. The van der Waals surface area contributed by atoms with E-state index in [0.717, 1.165) is 6.04 Å². The van der Waals surface area contributed by atoms with Crippen LogP contribution in [0.25, 0.3) is 0 Å². The molecule has 1 unspecified atom stereocenters. The third kappa shape index (κ3) is 0.864. The molecule has 3 saturated heterocycles. The number of fused-ring (bicyclic) bond motifs is 3. The Kier molecular flexibility index (Phi) is 1.24. The highest BCUT2D eigenvalue weighted by atomic mass is 15.3. The predicted octanol–water partition coefficient (Wildman–Crippen LogP) is 0.00610. The first kappa shape index (κ1) is 5.69. The summed E-state index contributed by atoms with van der Waals surface area (Å²) in [5, 5.41) is 0. The molecule has 0 aliphatic carbocycles. The molecule has 52 valence electrons. The number of nitrogens with zero attached hydrogens (tertiary/aromatic N) is 2. The predicted molar refractivity (Wildman–Crippen MR) is 37.5 cm³/mol. The van der Waals surface area contributed by atoms with Crippen LogP contribution in [0.5, 0.6) is 0 Å². The molecule has 9 heavy (non-hydrogen) atoms. The molecule has 0 aromatic rings. The van der Waals surface area contributed by atoms with Gasteiger partial charge in [0.2, 0.25) is 0 Å². The van der Waals surface area contributed by atoms with Crippen molar-refractivity contribution in [2.24, 2.45) is 0 Å². The fourth-order valence-corrected chi connectivity index (χ4v) is 1.88. The van der Waals surface area contributed by atoms with E-state index >= 15 is 0 Å². The molecule has 3 aliphatic heterocycles. The number of hydrogen-bond donors (Lipinski definition) is 0. The molecule has 3 fully saturated rings. The molecule has 2 bridgehead atoms. The largest absolute Gasteiger partial charge is 0.299 e. The summed E-state index contributed by atoms with van der Waals surface area (Å²) in [5.74, 6) is 0. The van der Waals surface area contributed by atoms with Gasteiger partial charge in [0.15, 0.2) is 0 Å². The normalized spacial score (nSPS) is 49.7. The van der Waals surface area contributed by atoms with Crippen molar-refractivity contribution in [2.45, 2.75) is 13.0 Å². The Bertz CT molecular complexity index is 105. The van der Waals surface area contributed by atoms with Crippen LogP contribution in [-0.4, -0.2) is 48.6 Å². The van der Waals surface area contributed by atoms with Gasteiger partial charge >= 0.3 is 0 Å². The first-order chi connectivity index (χ1) is 4.36. The second-order valence-electron chi connectivity index (χ2n) is 3.19. The molecule has 2 nitrogen and oxygen atoms in total. The maximum atomic E-state index is 2.58. The fourth-order valence-electron chi connectivity index (χ4n) is 1.88. The molecule has 3 heterocycles. The summed E-state index contributed by atoms with van der Waals surface area (Å²) >= 11 is 0. The van der Waals surface area contributed by atoms with E-state index in [1.54, 1.807) is 0 Å². The minimum absolute atomic E-state index is 0.826. The van der Waals surface area contributed by atoms with Gasteiger partial charge in [-0.2, -0.15) is 0 Å². The zero-order chi connectivity index (χ0) is 6.27. The summed E-state index contributed by atoms with van der Waals surface area (Å²) in [6, 6.07) is 0.826. The molecule has 0 aromatic heterocycles. The summed E-state index contributed by atoms with van der Waals surface area (Å²) in [5.41, 5.74) is 0. The molecule has 0 radical (unpaired) electrons. The van der Waals surface area contributed by atoms with E-state index in [0.29, 0.717) is 0 Å². The highest BCUT2D eigenvalue weighted by Crippen LogP contribution is 2.13. The van der Waals surface area contributed by atoms with Gasteiger partial charge in [-0.1, -0.05) is 0 Å². The van der Waals surface area contributed by atoms with Gasteiger partial charge in [0.25, 0.3) is 0 Å². The Balaban J connectivity index is 2.06. The second-order valence-corrected chi connectivity index (χ2v) is 3.19. The van der Waals surface area contributed by atoms with Crippen LogP contribution in [0, 0.1) is 0 Å². The summed E-state index contributed by atoms with van der Waals surface area (Å²) in [7, 11) is 0. The minimum Gasteiger partial charge on any atom is -0.299 e. The molecule has 1 atom stereocenters. The number of hydrogen-bond acceptors (Lipinski definition) is 2. The topological polar surface area (TPSA) is 6.48 Å². The fraction of sp³-hybridized carbons (Fsp3) is 1.00. The Morgan fingerprint density at radius 2 is 1.78 bits per heavy atom. The van der Waals surface area contributed by atoms with E-state index in [4.69, 9.17) is 0 Å². The molecule has 3 rings (SSSR count). The highest BCUT2D eigenvalue weighted by molar-refractivity contribution is 4.84. The number of rotatable bonds is 0. The van der Waals surface area contributed by atoms with Gasteiger partial charge < -0.3 is 0 Å². The first-order valence-corrected chi connectivity index (χ1v) is 3.82. The smallest absolute Gasteiger partial charge is 0.0195 e. The molecule has 0 saturated carbocycles. The average Bonchev–Trinajstić information content (AvgIpc) is 1.90. The zero-order valence-electron chi connectivity index (χ0n) is 6.01. The van der Waals surface area contributed by atoms with E-state index in [1.807, 2.05) is 0 Å². The Labute approximate surface area is 56.4 Å². The van der Waals surface area contributed by atoms with Crippen LogP contribution in [-0.2, 0) is 0 Å². The second kappa shape index (κ2) is 1.96. The maximum Gasteiger partial charge on any atom is 0.0195 e. The summed E-state index contributed by atoms with van der Waals surface area (Å²) in [4.78, 5) is 5.14. The molecule has 2 heteroatoms. The average molecular weight is 126 g/mol.